The molecule has 2 aromatic heterocycles. The number of hydrogen-bond donors (Lipinski definition) is 0. The second-order valence-electron chi connectivity index (χ2n) is 9.01. The topological polar surface area (TPSA) is 17.3 Å². The molecule has 1 aliphatic rings. The first-order chi connectivity index (χ1) is 16.8. The van der Waals surface area contributed by atoms with E-state index in [1.807, 2.05) is 78.9 Å². The van der Waals surface area contributed by atoms with Gasteiger partial charge in [0, 0.05) is 35.4 Å². The van der Waals surface area contributed by atoms with Gasteiger partial charge in [-0.15, -0.1) is 0 Å². The van der Waals surface area contributed by atoms with Crippen LogP contribution in [-0.2, 0) is 10.8 Å². The van der Waals surface area contributed by atoms with Crippen LogP contribution in [0, 0.1) is 6.85 Å². The minimum Gasteiger partial charge on any atom is -0.295 e. The van der Waals surface area contributed by atoms with Crippen LogP contribution < -0.4 is 0 Å². The van der Waals surface area contributed by atoms with Crippen LogP contribution in [0.2, 0.25) is 0 Å². The predicted octanol–water partition coefficient (Wildman–Crippen LogP) is 7.18. The van der Waals surface area contributed by atoms with Crippen LogP contribution in [0.25, 0.3) is 38.6 Å². The molecule has 30 heavy (non-hydrogen) atoms. The van der Waals surface area contributed by atoms with Gasteiger partial charge in [0.15, 0.2) is 0 Å². The summed E-state index contributed by atoms with van der Waals surface area (Å²) in [6, 6.07) is 20.8. The Labute approximate surface area is 185 Å². The number of aromatic nitrogens is 2. The van der Waals surface area contributed by atoms with Crippen LogP contribution in [0.5, 0.6) is 0 Å². The van der Waals surface area contributed by atoms with Crippen molar-refractivity contribution < 1.29 is 8.22 Å². The van der Waals surface area contributed by atoms with Crippen molar-refractivity contribution in [1.29, 1.82) is 0 Å². The highest BCUT2D eigenvalue weighted by Gasteiger charge is 2.48. The van der Waals surface area contributed by atoms with Crippen LogP contribution >= 0.6 is 0 Å². The molecule has 0 fully saturated rings. The van der Waals surface area contributed by atoms with Crippen molar-refractivity contribution >= 4 is 27.3 Å². The Kier molecular flexibility index (Phi) is 2.30. The number of benzene rings is 3. The first-order valence-electron chi connectivity index (χ1n) is 13.3. The fraction of sp³-hybridized carbons (Fsp3) is 0.250. The van der Waals surface area contributed by atoms with Crippen molar-refractivity contribution in [3.05, 3.63) is 83.6 Å². The first kappa shape index (κ1) is 12.5. The third-order valence-electron chi connectivity index (χ3n) is 7.16. The third kappa shape index (κ3) is 1.92. The largest absolute Gasteiger partial charge is 0.295 e. The lowest BCUT2D eigenvalue weighted by molar-refractivity contribution is 0.289. The van der Waals surface area contributed by atoms with Crippen molar-refractivity contribution in [1.82, 2.24) is 9.38 Å². The van der Waals surface area contributed by atoms with E-state index in [0.717, 1.165) is 27.4 Å². The van der Waals surface area contributed by atoms with Gasteiger partial charge in [-0.1, -0.05) is 94.4 Å². The highest BCUT2D eigenvalue weighted by molar-refractivity contribution is 6.14. The maximum absolute atomic E-state index is 8.78. The summed E-state index contributed by atoms with van der Waals surface area (Å²) in [6.45, 7) is 1.00. The summed E-state index contributed by atoms with van der Waals surface area (Å²) in [5, 5.41) is 2.23. The number of imidazole rings is 1. The van der Waals surface area contributed by atoms with Gasteiger partial charge >= 0.3 is 0 Å². The van der Waals surface area contributed by atoms with E-state index in [1.54, 1.807) is 13.0 Å². The Morgan fingerprint density at radius 1 is 0.833 bits per heavy atom. The first-order valence-corrected chi connectivity index (χ1v) is 10.3. The molecule has 0 bridgehead atoms. The molecule has 5 aromatic rings. The van der Waals surface area contributed by atoms with Gasteiger partial charge in [-0.05, 0) is 23.4 Å². The van der Waals surface area contributed by atoms with E-state index in [4.69, 9.17) is 13.2 Å². The number of aryl methyl sites for hydroxylation is 1. The third-order valence-corrected chi connectivity index (χ3v) is 7.16. The zero-order chi connectivity index (χ0) is 25.8. The van der Waals surface area contributed by atoms with Gasteiger partial charge in [0.05, 0.1) is 16.9 Å². The summed E-state index contributed by atoms with van der Waals surface area (Å²) in [5.74, 6) is 0. The summed E-state index contributed by atoms with van der Waals surface area (Å²) < 4.78 is 53.2. The molecule has 1 aliphatic heterocycles. The Hall–Kier alpha value is -3.13. The molecule has 6 rings (SSSR count). The molecular weight excluding hydrogens is 364 g/mol. The molecule has 0 saturated heterocycles. The summed E-state index contributed by atoms with van der Waals surface area (Å²) in [7, 11) is 0. The molecule has 3 heterocycles. The highest BCUT2D eigenvalue weighted by atomic mass is 15.1. The molecule has 1 atom stereocenters. The maximum atomic E-state index is 8.78. The van der Waals surface area contributed by atoms with E-state index in [0.29, 0.717) is 22.4 Å². The Bertz CT molecular complexity index is 1690. The number of rotatable bonds is 1. The van der Waals surface area contributed by atoms with E-state index in [9.17, 15) is 0 Å². The van der Waals surface area contributed by atoms with Gasteiger partial charge in [0.1, 0.15) is 5.65 Å². The van der Waals surface area contributed by atoms with Crippen molar-refractivity contribution in [3.63, 3.8) is 0 Å². The minimum atomic E-state index is -2.37. The van der Waals surface area contributed by atoms with Crippen LogP contribution in [0.1, 0.15) is 52.7 Å². The number of nitrogens with zero attached hydrogens (tertiary/aromatic N) is 2. The standard InChI is InChI=1S/C28H26N2/c1-17-15-16-21-24-22(17)19-13-9-10-14-20(19)26-29-23(18-11-7-6-8-12-18)25(30(24)26)28(4,5)27(21,2)3/h6-16H,1-5H3/i1D3,4D3. The van der Waals surface area contributed by atoms with Gasteiger partial charge in [-0.3, -0.25) is 4.40 Å². The van der Waals surface area contributed by atoms with E-state index in [2.05, 4.69) is 0 Å². The van der Waals surface area contributed by atoms with E-state index >= 15 is 0 Å². The molecule has 2 nitrogen and oxygen atoms in total. The molecule has 3 aromatic carbocycles. The van der Waals surface area contributed by atoms with Crippen LogP contribution in [0.4, 0.5) is 0 Å². The minimum absolute atomic E-state index is 0.258. The molecule has 0 N–H and O–H groups in total. The smallest absolute Gasteiger partial charge is 0.146 e. The van der Waals surface area contributed by atoms with Crippen LogP contribution in [0.3, 0.4) is 0 Å². The highest BCUT2D eigenvalue weighted by Crippen LogP contribution is 2.53. The lowest BCUT2D eigenvalue weighted by Gasteiger charge is -2.46. The summed E-state index contributed by atoms with van der Waals surface area (Å²) >= 11 is 0. The normalized spacial score (nSPS) is 23.7. The fourth-order valence-electron chi connectivity index (χ4n) is 5.14. The zero-order valence-corrected chi connectivity index (χ0v) is 17.2. The molecule has 0 radical (unpaired) electrons. The van der Waals surface area contributed by atoms with Gasteiger partial charge in [0.2, 0.25) is 0 Å². The number of pyridine rings is 1. The van der Waals surface area contributed by atoms with Gasteiger partial charge in [0.25, 0.3) is 0 Å². The van der Waals surface area contributed by atoms with E-state index < -0.39 is 24.5 Å². The van der Waals surface area contributed by atoms with Crippen LogP contribution in [0.15, 0.2) is 66.7 Å². The second-order valence-corrected chi connectivity index (χ2v) is 9.01. The SMILES string of the molecule is [2H]C([2H])([2H])c1ccc2c3c1c1ccccc1c1nc(-c4ccccc4)c(n13)C(C)(C([2H])([2H])[2H])C2(C)C. The lowest BCUT2D eigenvalue weighted by atomic mass is 9.60. The second kappa shape index (κ2) is 5.51. The number of fused-ring (bicyclic) bond motifs is 3. The van der Waals surface area contributed by atoms with Crippen molar-refractivity contribution in [3.8, 4) is 11.3 Å². The molecule has 1 unspecified atom stereocenters. The monoisotopic (exact) mass is 396 g/mol. The van der Waals surface area contributed by atoms with E-state index in [-0.39, 0.29) is 5.56 Å². The fourth-order valence-corrected chi connectivity index (χ4v) is 5.14. The zero-order valence-electron chi connectivity index (χ0n) is 23.2. The lowest BCUT2D eigenvalue weighted by Crippen LogP contribution is -2.44. The average Bonchev–Trinajstić information content (AvgIpc) is 3.23. The molecule has 148 valence electrons. The molecule has 0 amide bonds. The molecule has 0 saturated carbocycles. The van der Waals surface area contributed by atoms with Crippen LogP contribution in [-0.4, -0.2) is 9.38 Å². The van der Waals surface area contributed by atoms with Crippen molar-refractivity contribution in [2.24, 2.45) is 0 Å². The Morgan fingerprint density at radius 3 is 2.30 bits per heavy atom. The average molecular weight is 397 g/mol. The maximum Gasteiger partial charge on any atom is 0.146 e. The quantitative estimate of drug-likeness (QED) is 0.274. The summed E-state index contributed by atoms with van der Waals surface area (Å²) in [4.78, 5) is 5.10. The molecular formula is C28H26N2. The van der Waals surface area contributed by atoms with E-state index in [1.165, 1.54) is 0 Å². The summed E-state index contributed by atoms with van der Waals surface area (Å²) in [5.41, 5.74) is 2.31. The molecule has 0 spiro atoms. The molecule has 2 heteroatoms. The predicted molar refractivity (Wildman–Crippen MR) is 126 cm³/mol. The Balaban J connectivity index is 2.00. The van der Waals surface area contributed by atoms with Crippen molar-refractivity contribution in [2.75, 3.05) is 0 Å². The summed E-state index contributed by atoms with van der Waals surface area (Å²) in [6.07, 6.45) is 0. The van der Waals surface area contributed by atoms with Crippen molar-refractivity contribution in [2.45, 2.75) is 45.3 Å². The Morgan fingerprint density at radius 2 is 1.57 bits per heavy atom. The van der Waals surface area contributed by atoms with Gasteiger partial charge in [-0.2, -0.15) is 0 Å². The molecule has 0 aliphatic carbocycles. The van der Waals surface area contributed by atoms with Gasteiger partial charge < -0.3 is 0 Å². The number of hydrogen-bond acceptors (Lipinski definition) is 1. The van der Waals surface area contributed by atoms with Gasteiger partial charge in [-0.25, -0.2) is 4.98 Å².